The number of aliphatic hydroxyl groups is 1. The van der Waals surface area contributed by atoms with Gasteiger partial charge >= 0.3 is 0 Å². The molecule has 5 nitrogen and oxygen atoms in total. The second-order valence-electron chi connectivity index (χ2n) is 3.86. The van der Waals surface area contributed by atoms with Gasteiger partial charge in [0.1, 0.15) is 0 Å². The molecule has 0 bridgehead atoms. The minimum atomic E-state index is -0.314. The number of nitrogens with two attached hydrogens (primary N) is 1. The Hall–Kier alpha value is -1.62. The zero-order valence-corrected chi connectivity index (χ0v) is 9.47. The predicted octanol–water partition coefficient (Wildman–Crippen LogP) is 0.410. The molecule has 0 aromatic carbocycles. The number of carbonyl (C=O) groups is 1. The van der Waals surface area contributed by atoms with Crippen molar-refractivity contribution >= 4 is 11.6 Å². The minimum Gasteiger partial charge on any atom is -0.397 e. The first-order valence-corrected chi connectivity index (χ1v) is 5.18. The lowest BCUT2D eigenvalue weighted by Gasteiger charge is -2.19. The second kappa shape index (κ2) is 5.46. The highest BCUT2D eigenvalue weighted by Gasteiger charge is 2.17. The summed E-state index contributed by atoms with van der Waals surface area (Å²) in [5.41, 5.74) is 6.21. The van der Waals surface area contributed by atoms with E-state index >= 15 is 0 Å². The monoisotopic (exact) mass is 223 g/mol. The van der Waals surface area contributed by atoms with Gasteiger partial charge < -0.3 is 16.2 Å². The van der Waals surface area contributed by atoms with Crippen molar-refractivity contribution in [3.8, 4) is 0 Å². The SMILES string of the molecule is CC(CO)C(C)NC(=O)c1ncccc1N. The summed E-state index contributed by atoms with van der Waals surface area (Å²) in [7, 11) is 0. The van der Waals surface area contributed by atoms with Crippen molar-refractivity contribution < 1.29 is 9.90 Å². The fourth-order valence-electron chi connectivity index (χ4n) is 1.18. The average Bonchev–Trinajstić information content (AvgIpc) is 2.28. The molecule has 1 aromatic rings. The first-order valence-electron chi connectivity index (χ1n) is 5.18. The van der Waals surface area contributed by atoms with E-state index in [1.54, 1.807) is 12.1 Å². The number of nitrogens with one attached hydrogen (secondary N) is 1. The summed E-state index contributed by atoms with van der Waals surface area (Å²) >= 11 is 0. The molecule has 0 saturated carbocycles. The van der Waals surface area contributed by atoms with E-state index in [9.17, 15) is 4.79 Å². The van der Waals surface area contributed by atoms with Gasteiger partial charge in [-0.3, -0.25) is 4.79 Å². The lowest BCUT2D eigenvalue weighted by molar-refractivity contribution is 0.0912. The zero-order valence-electron chi connectivity index (χ0n) is 9.47. The van der Waals surface area contributed by atoms with Crippen LogP contribution in [0.25, 0.3) is 0 Å². The van der Waals surface area contributed by atoms with Crippen LogP contribution in [-0.2, 0) is 0 Å². The fourth-order valence-corrected chi connectivity index (χ4v) is 1.18. The largest absolute Gasteiger partial charge is 0.397 e. The summed E-state index contributed by atoms with van der Waals surface area (Å²) in [5, 5.41) is 11.7. The van der Waals surface area contributed by atoms with Crippen LogP contribution in [0.1, 0.15) is 24.3 Å². The van der Waals surface area contributed by atoms with Gasteiger partial charge in [-0.05, 0) is 25.0 Å². The van der Waals surface area contributed by atoms with Crippen LogP contribution in [0.15, 0.2) is 18.3 Å². The zero-order chi connectivity index (χ0) is 12.1. The van der Waals surface area contributed by atoms with Gasteiger partial charge in [0.2, 0.25) is 0 Å². The molecule has 88 valence electrons. The fraction of sp³-hybridized carbons (Fsp3) is 0.455. The number of amides is 1. The summed E-state index contributed by atoms with van der Waals surface area (Å²) in [4.78, 5) is 15.7. The van der Waals surface area contributed by atoms with Crippen molar-refractivity contribution in [3.05, 3.63) is 24.0 Å². The van der Waals surface area contributed by atoms with Gasteiger partial charge in [0, 0.05) is 18.8 Å². The quantitative estimate of drug-likeness (QED) is 0.690. The van der Waals surface area contributed by atoms with E-state index in [-0.39, 0.29) is 30.2 Å². The van der Waals surface area contributed by atoms with E-state index in [4.69, 9.17) is 10.8 Å². The van der Waals surface area contributed by atoms with Gasteiger partial charge in [0.05, 0.1) is 5.69 Å². The summed E-state index contributed by atoms with van der Waals surface area (Å²) < 4.78 is 0. The summed E-state index contributed by atoms with van der Waals surface area (Å²) in [6.45, 7) is 3.71. The highest BCUT2D eigenvalue weighted by molar-refractivity contribution is 5.97. The predicted molar refractivity (Wildman–Crippen MR) is 61.8 cm³/mol. The first kappa shape index (κ1) is 12.4. The molecule has 1 amide bonds. The normalized spacial score (nSPS) is 14.2. The molecule has 0 spiro atoms. The van der Waals surface area contributed by atoms with Gasteiger partial charge in [-0.2, -0.15) is 0 Å². The third-order valence-electron chi connectivity index (χ3n) is 2.55. The summed E-state index contributed by atoms with van der Waals surface area (Å²) in [5.74, 6) is -0.320. The van der Waals surface area contributed by atoms with Crippen LogP contribution in [0, 0.1) is 5.92 Å². The van der Waals surface area contributed by atoms with Gasteiger partial charge in [-0.25, -0.2) is 4.98 Å². The molecule has 0 aliphatic carbocycles. The number of anilines is 1. The van der Waals surface area contributed by atoms with Crippen LogP contribution in [0.3, 0.4) is 0 Å². The molecule has 0 fully saturated rings. The Morgan fingerprint density at radius 3 is 2.88 bits per heavy atom. The standard InChI is InChI=1S/C11H17N3O2/c1-7(6-15)8(2)14-11(16)10-9(12)4-3-5-13-10/h3-5,7-8,15H,6,12H2,1-2H3,(H,14,16). The average molecular weight is 223 g/mol. The second-order valence-corrected chi connectivity index (χ2v) is 3.86. The Balaban J connectivity index is 2.70. The van der Waals surface area contributed by atoms with Crippen LogP contribution in [0.5, 0.6) is 0 Å². The van der Waals surface area contributed by atoms with Crippen LogP contribution in [0.2, 0.25) is 0 Å². The van der Waals surface area contributed by atoms with Crippen molar-refractivity contribution in [1.82, 2.24) is 10.3 Å². The lowest BCUT2D eigenvalue weighted by atomic mass is 10.1. The number of pyridine rings is 1. The van der Waals surface area contributed by atoms with E-state index in [0.29, 0.717) is 5.69 Å². The highest BCUT2D eigenvalue weighted by atomic mass is 16.3. The van der Waals surface area contributed by atoms with Gasteiger partial charge in [0.25, 0.3) is 5.91 Å². The maximum atomic E-state index is 11.8. The molecular weight excluding hydrogens is 206 g/mol. The number of carbonyl (C=O) groups excluding carboxylic acids is 1. The molecule has 0 aliphatic rings. The van der Waals surface area contributed by atoms with Crippen LogP contribution >= 0.6 is 0 Å². The molecule has 4 N–H and O–H groups in total. The van der Waals surface area contributed by atoms with Crippen LogP contribution in [-0.4, -0.2) is 28.6 Å². The molecule has 2 unspecified atom stereocenters. The molecule has 1 aromatic heterocycles. The number of aromatic nitrogens is 1. The molecular formula is C11H17N3O2. The van der Waals surface area contributed by atoms with Crippen molar-refractivity contribution in [3.63, 3.8) is 0 Å². The third-order valence-corrected chi connectivity index (χ3v) is 2.55. The highest BCUT2D eigenvalue weighted by Crippen LogP contribution is 2.08. The Morgan fingerprint density at radius 2 is 2.31 bits per heavy atom. The molecule has 1 rings (SSSR count). The Morgan fingerprint density at radius 1 is 1.62 bits per heavy atom. The molecule has 0 aliphatic heterocycles. The van der Waals surface area contributed by atoms with E-state index < -0.39 is 0 Å². The van der Waals surface area contributed by atoms with E-state index in [2.05, 4.69) is 10.3 Å². The first-order chi connectivity index (χ1) is 7.56. The smallest absolute Gasteiger partial charge is 0.272 e. The van der Waals surface area contributed by atoms with E-state index in [1.165, 1.54) is 6.20 Å². The van der Waals surface area contributed by atoms with Crippen molar-refractivity contribution in [2.75, 3.05) is 12.3 Å². The van der Waals surface area contributed by atoms with Gasteiger partial charge in [-0.15, -0.1) is 0 Å². The molecule has 0 saturated heterocycles. The minimum absolute atomic E-state index is 0.00566. The Bertz CT molecular complexity index is 368. The molecule has 16 heavy (non-hydrogen) atoms. The Labute approximate surface area is 94.7 Å². The summed E-state index contributed by atoms with van der Waals surface area (Å²) in [6.07, 6.45) is 1.52. The number of nitrogen functional groups attached to an aromatic ring is 1. The number of nitrogens with zero attached hydrogens (tertiary/aromatic N) is 1. The molecule has 2 atom stereocenters. The lowest BCUT2D eigenvalue weighted by Crippen LogP contribution is -2.39. The number of aliphatic hydroxyl groups excluding tert-OH is 1. The number of hydrogen-bond acceptors (Lipinski definition) is 4. The van der Waals surface area contributed by atoms with Crippen molar-refractivity contribution in [2.24, 2.45) is 5.92 Å². The number of hydrogen-bond donors (Lipinski definition) is 3. The topological polar surface area (TPSA) is 88.2 Å². The maximum Gasteiger partial charge on any atom is 0.272 e. The Kier molecular flexibility index (Phi) is 4.25. The van der Waals surface area contributed by atoms with Crippen molar-refractivity contribution in [2.45, 2.75) is 19.9 Å². The van der Waals surface area contributed by atoms with Gasteiger partial charge in [-0.1, -0.05) is 6.92 Å². The third kappa shape index (κ3) is 2.93. The van der Waals surface area contributed by atoms with Crippen molar-refractivity contribution in [1.29, 1.82) is 0 Å². The van der Waals surface area contributed by atoms with E-state index in [0.717, 1.165) is 0 Å². The number of rotatable bonds is 4. The van der Waals surface area contributed by atoms with Crippen LogP contribution in [0.4, 0.5) is 5.69 Å². The van der Waals surface area contributed by atoms with E-state index in [1.807, 2.05) is 13.8 Å². The molecule has 1 heterocycles. The molecule has 0 radical (unpaired) electrons. The molecule has 5 heteroatoms. The van der Waals surface area contributed by atoms with Crippen LogP contribution < -0.4 is 11.1 Å². The summed E-state index contributed by atoms with van der Waals surface area (Å²) in [6, 6.07) is 3.17. The van der Waals surface area contributed by atoms with Gasteiger partial charge in [0.15, 0.2) is 5.69 Å². The maximum absolute atomic E-state index is 11.8.